The molecule has 1 aromatic carbocycles. The molecular weight excluding hydrogens is 603 g/mol. The van der Waals surface area contributed by atoms with Crippen molar-refractivity contribution in [2.45, 2.75) is 64.7 Å². The maximum atomic E-state index is 14.1. The molecule has 6 N–H and O–H groups in total. The minimum atomic E-state index is -4.56. The number of amides is 1. The van der Waals surface area contributed by atoms with Crippen molar-refractivity contribution in [3.05, 3.63) is 42.4 Å². The molecule has 6 atom stereocenters. The smallest absolute Gasteiger partial charge is 0.459 e. The van der Waals surface area contributed by atoms with Gasteiger partial charge in [-0.1, -0.05) is 45.9 Å². The number of nitrogens with two attached hydrogens (primary N) is 1. The van der Waals surface area contributed by atoms with Gasteiger partial charge in [-0.2, -0.15) is 5.09 Å². The molecule has 1 saturated heterocycles. The van der Waals surface area contributed by atoms with Gasteiger partial charge in [0.25, 0.3) is 5.91 Å². The lowest BCUT2D eigenvalue weighted by Crippen LogP contribution is -2.41. The number of nitrogens with zero attached hydrogens (tertiary/aromatic N) is 2. The summed E-state index contributed by atoms with van der Waals surface area (Å²) in [6.45, 7) is 6.73. The minimum absolute atomic E-state index is 0.0166. The van der Waals surface area contributed by atoms with Crippen LogP contribution >= 0.6 is 7.75 Å². The molecule has 0 bridgehead atoms. The second kappa shape index (κ2) is 15.5. The molecule has 17 heteroatoms. The number of esters is 2. The van der Waals surface area contributed by atoms with E-state index < -0.39 is 80.8 Å². The van der Waals surface area contributed by atoms with Crippen LogP contribution in [0.2, 0.25) is 0 Å². The van der Waals surface area contributed by atoms with Crippen LogP contribution in [-0.4, -0.2) is 86.9 Å². The molecule has 244 valence electrons. The minimum Gasteiger partial charge on any atom is -0.493 e. The molecule has 16 nitrogen and oxygen atoms in total. The van der Waals surface area contributed by atoms with Crippen LogP contribution in [0.25, 0.3) is 0 Å². The maximum Gasteiger partial charge on any atom is 0.459 e. The fourth-order valence-electron chi connectivity index (χ4n) is 3.90. The van der Waals surface area contributed by atoms with Gasteiger partial charge in [0.2, 0.25) is 5.88 Å². The highest BCUT2D eigenvalue weighted by molar-refractivity contribution is 7.52. The lowest BCUT2D eigenvalue weighted by molar-refractivity contribution is -0.153. The van der Waals surface area contributed by atoms with Crippen molar-refractivity contribution in [3.63, 3.8) is 0 Å². The third kappa shape index (κ3) is 9.48. The fourth-order valence-corrected chi connectivity index (χ4v) is 5.40. The van der Waals surface area contributed by atoms with Gasteiger partial charge in [0.05, 0.1) is 26.2 Å². The second-order valence-electron chi connectivity index (χ2n) is 10.9. The number of carbonyl (C=O) groups is 3. The van der Waals surface area contributed by atoms with E-state index in [0.29, 0.717) is 0 Å². The third-order valence-electron chi connectivity index (χ3n) is 6.10. The molecule has 1 aliphatic heterocycles. The van der Waals surface area contributed by atoms with E-state index in [-0.39, 0.29) is 30.8 Å². The van der Waals surface area contributed by atoms with Crippen LogP contribution in [0, 0.1) is 11.8 Å². The number of aromatic nitrogens is 2. The Morgan fingerprint density at radius 2 is 1.70 bits per heavy atom. The van der Waals surface area contributed by atoms with E-state index in [0.717, 1.165) is 10.9 Å². The summed E-state index contributed by atoms with van der Waals surface area (Å²) in [5.74, 6) is -3.35. The number of imidazole rings is 1. The Morgan fingerprint density at radius 1 is 1.07 bits per heavy atom. The Labute approximate surface area is 254 Å². The Kier molecular flexibility index (Phi) is 12.3. The van der Waals surface area contributed by atoms with Crippen molar-refractivity contribution in [1.29, 1.82) is 0 Å². The number of primary amides is 1. The number of ether oxygens (including phenoxy) is 3. The maximum absolute atomic E-state index is 14.1. The molecule has 0 radical (unpaired) electrons. The first-order chi connectivity index (χ1) is 20.7. The van der Waals surface area contributed by atoms with Crippen molar-refractivity contribution in [2.75, 3.05) is 19.8 Å². The Morgan fingerprint density at radius 3 is 2.30 bits per heavy atom. The number of hydrogen-bond acceptors (Lipinski definition) is 13. The van der Waals surface area contributed by atoms with Crippen LogP contribution in [0.4, 0.5) is 0 Å². The number of aliphatic hydroxyl groups is 2. The zero-order valence-corrected chi connectivity index (χ0v) is 25.7. The zero-order chi connectivity index (χ0) is 32.6. The molecule has 1 amide bonds. The monoisotopic (exact) mass is 642 g/mol. The highest BCUT2D eigenvalue weighted by Gasteiger charge is 2.46. The topological polar surface area (TPSA) is 231 Å². The molecule has 1 aliphatic rings. The van der Waals surface area contributed by atoms with Crippen molar-refractivity contribution in [2.24, 2.45) is 17.6 Å². The van der Waals surface area contributed by atoms with E-state index in [9.17, 15) is 34.3 Å². The zero-order valence-electron chi connectivity index (χ0n) is 24.8. The number of aromatic hydroxyl groups is 1. The van der Waals surface area contributed by atoms with Crippen LogP contribution in [0.5, 0.6) is 11.6 Å². The molecule has 44 heavy (non-hydrogen) atoms. The Balaban J connectivity index is 1.83. The number of hydrogen-bond donors (Lipinski definition) is 5. The molecular formula is C27H39N4O12P. The van der Waals surface area contributed by atoms with Crippen LogP contribution in [0.15, 0.2) is 36.7 Å². The molecule has 3 rings (SSSR count). The summed E-state index contributed by atoms with van der Waals surface area (Å²) in [5.41, 5.74) is 4.68. The molecule has 0 spiro atoms. The van der Waals surface area contributed by atoms with Gasteiger partial charge in [-0.3, -0.25) is 23.5 Å². The van der Waals surface area contributed by atoms with E-state index in [1.54, 1.807) is 18.2 Å². The van der Waals surface area contributed by atoms with Crippen molar-refractivity contribution in [1.82, 2.24) is 14.6 Å². The normalized spacial score (nSPS) is 22.0. The van der Waals surface area contributed by atoms with E-state index >= 15 is 0 Å². The highest BCUT2D eigenvalue weighted by atomic mass is 31.2. The predicted octanol–water partition coefficient (Wildman–Crippen LogP) is 1.26. The summed E-state index contributed by atoms with van der Waals surface area (Å²) >= 11 is 0. The molecule has 1 fully saturated rings. The number of para-hydroxylation sites is 1. The second-order valence-corrected chi connectivity index (χ2v) is 12.6. The number of nitrogens with one attached hydrogen (secondary N) is 1. The fraction of sp³-hybridized carbons (Fsp3) is 0.556. The van der Waals surface area contributed by atoms with E-state index in [2.05, 4.69) is 10.1 Å². The number of benzene rings is 1. The molecule has 0 aliphatic carbocycles. The number of rotatable bonds is 16. The van der Waals surface area contributed by atoms with Gasteiger partial charge in [-0.25, -0.2) is 9.55 Å². The summed E-state index contributed by atoms with van der Waals surface area (Å²) < 4.78 is 42.3. The molecule has 1 aromatic heterocycles. The number of aliphatic hydroxyl groups excluding tert-OH is 2. The summed E-state index contributed by atoms with van der Waals surface area (Å²) in [6, 6.07) is 6.30. The summed E-state index contributed by atoms with van der Waals surface area (Å²) in [6.07, 6.45) is -5.67. The predicted molar refractivity (Wildman–Crippen MR) is 152 cm³/mol. The van der Waals surface area contributed by atoms with E-state index in [4.69, 9.17) is 29.0 Å². The lowest BCUT2D eigenvalue weighted by atomic mass is 10.1. The summed E-state index contributed by atoms with van der Waals surface area (Å²) in [5, 5.41) is 34.0. The highest BCUT2D eigenvalue weighted by Crippen LogP contribution is 2.46. The first kappa shape index (κ1) is 35.0. The largest absolute Gasteiger partial charge is 0.493 e. The van der Waals surface area contributed by atoms with Crippen LogP contribution in [0.3, 0.4) is 0 Å². The number of carbonyl (C=O) groups excluding carboxylic acids is 3. The third-order valence-corrected chi connectivity index (χ3v) is 7.66. The first-order valence-electron chi connectivity index (χ1n) is 13.9. The van der Waals surface area contributed by atoms with Crippen LogP contribution in [0.1, 0.15) is 50.8 Å². The summed E-state index contributed by atoms with van der Waals surface area (Å²) in [4.78, 5) is 40.7. The first-order valence-corrected chi connectivity index (χ1v) is 15.4. The van der Waals surface area contributed by atoms with E-state index in [1.165, 1.54) is 12.1 Å². The van der Waals surface area contributed by atoms with Crippen LogP contribution in [-0.2, 0) is 32.9 Å². The molecule has 1 unspecified atom stereocenters. The SMILES string of the molecule is CC(C)COC(=O)C[C@H](NP(=O)(OC[C@H]1O[C@@H](n2cnc(C(N)=O)c2O)[C@H](O)[C@@H]1O)Oc1ccccc1)C(=O)OCC(C)C. The Hall–Kier alpha value is -3.53. The van der Waals surface area contributed by atoms with Gasteiger partial charge in [-0.05, 0) is 24.0 Å². The van der Waals surface area contributed by atoms with Crippen molar-refractivity contribution >= 4 is 25.6 Å². The average Bonchev–Trinajstić information content (AvgIpc) is 3.48. The van der Waals surface area contributed by atoms with Crippen LogP contribution < -0.4 is 15.3 Å². The lowest BCUT2D eigenvalue weighted by Gasteiger charge is -2.26. The molecule has 2 aromatic rings. The van der Waals surface area contributed by atoms with Crippen molar-refractivity contribution in [3.8, 4) is 11.6 Å². The van der Waals surface area contributed by atoms with E-state index in [1.807, 2.05) is 27.7 Å². The standard InChI is InChI=1S/C27H39N4O12P/c1-15(2)11-39-20(32)10-18(27(37)40-12-16(3)4)30-44(38,43-17-8-6-5-7-9-17)41-13-19-22(33)23(34)26(42-19)31-14-29-21(24(28)35)25(31)36/h5-9,14-16,18-19,22-23,26,33-34,36H,10-13H2,1-4H3,(H2,28,35)(H,30,38)/t18-,19+,22+,23+,26+,44?/m0/s1. The van der Waals surface area contributed by atoms with Gasteiger partial charge in [0.1, 0.15) is 36.4 Å². The molecule has 0 saturated carbocycles. The van der Waals surface area contributed by atoms with Gasteiger partial charge < -0.3 is 39.8 Å². The van der Waals surface area contributed by atoms with Gasteiger partial charge in [-0.15, -0.1) is 0 Å². The molecule has 2 heterocycles. The van der Waals surface area contributed by atoms with Gasteiger partial charge in [0.15, 0.2) is 11.9 Å². The quantitative estimate of drug-likeness (QED) is 0.128. The van der Waals surface area contributed by atoms with Gasteiger partial charge >= 0.3 is 19.7 Å². The average molecular weight is 643 g/mol. The summed E-state index contributed by atoms with van der Waals surface area (Å²) in [7, 11) is -4.56. The van der Waals surface area contributed by atoms with Gasteiger partial charge in [0, 0.05) is 0 Å². The Bertz CT molecular complexity index is 1320. The van der Waals surface area contributed by atoms with Crippen molar-refractivity contribution < 1.29 is 57.5 Å².